The van der Waals surface area contributed by atoms with Gasteiger partial charge in [-0.15, -0.1) is 6.58 Å². The van der Waals surface area contributed by atoms with Gasteiger partial charge in [0.1, 0.15) is 12.2 Å². The minimum atomic E-state index is -0.371. The van der Waals surface area contributed by atoms with Crippen LogP contribution in [0.2, 0.25) is 0 Å². The van der Waals surface area contributed by atoms with Gasteiger partial charge in [-0.25, -0.2) is 9.97 Å². The third kappa shape index (κ3) is 13.4. The number of ether oxygens (including phenoxy) is 2. The SMILES string of the molecule is C=CC(C)(C)CO.CC(=O)O[C@H](C)c1ccc2ccc(/C=C/C(C)(C)CO)cc2n1.CC(=O)O[C@H](C)c1ccc2ccc(Br)cc2n1. The average Bonchev–Trinajstić information content (AvgIpc) is 3.03. The Hall–Kier alpha value is -3.92. The fourth-order valence-corrected chi connectivity index (χ4v) is 4.22. The molecule has 0 saturated carbocycles. The second-order valence-corrected chi connectivity index (χ2v) is 13.5. The molecule has 0 saturated heterocycles. The highest BCUT2D eigenvalue weighted by Gasteiger charge is 2.13. The minimum absolute atomic E-state index is 0.0966. The summed E-state index contributed by atoms with van der Waals surface area (Å²) in [5.74, 6) is -0.615. The Bertz CT molecular complexity index is 1700. The number of fused-ring (bicyclic) bond motifs is 2. The van der Waals surface area contributed by atoms with E-state index in [-0.39, 0.29) is 48.2 Å². The highest BCUT2D eigenvalue weighted by Crippen LogP contribution is 2.24. The first-order valence-corrected chi connectivity index (χ1v) is 16.1. The third-order valence-corrected chi connectivity index (χ3v) is 7.52. The lowest BCUT2D eigenvalue weighted by atomic mass is 9.93. The van der Waals surface area contributed by atoms with E-state index in [1.165, 1.54) is 13.8 Å². The quantitative estimate of drug-likeness (QED) is 0.131. The molecule has 0 bridgehead atoms. The van der Waals surface area contributed by atoms with Crippen molar-refractivity contribution in [3.8, 4) is 0 Å². The highest BCUT2D eigenvalue weighted by atomic mass is 79.9. The number of hydrogen-bond donors (Lipinski definition) is 2. The molecule has 2 heterocycles. The van der Waals surface area contributed by atoms with Crippen molar-refractivity contribution >= 4 is 55.8 Å². The first-order chi connectivity index (χ1) is 22.0. The predicted molar refractivity (Wildman–Crippen MR) is 193 cm³/mol. The second kappa shape index (κ2) is 17.8. The van der Waals surface area contributed by atoms with Crippen molar-refractivity contribution in [2.45, 2.75) is 67.6 Å². The van der Waals surface area contributed by atoms with Gasteiger partial charge in [-0.2, -0.15) is 0 Å². The van der Waals surface area contributed by atoms with Crippen molar-refractivity contribution in [3.63, 3.8) is 0 Å². The molecule has 0 amide bonds. The summed E-state index contributed by atoms with van der Waals surface area (Å²) in [7, 11) is 0. The summed E-state index contributed by atoms with van der Waals surface area (Å²) in [5, 5.41) is 19.9. The zero-order valence-corrected chi connectivity index (χ0v) is 30.2. The fraction of sp³-hybridized carbons (Fsp3) is 0.368. The molecular weight excluding hydrogens is 660 g/mol. The van der Waals surface area contributed by atoms with Gasteiger partial charge < -0.3 is 19.7 Å². The summed E-state index contributed by atoms with van der Waals surface area (Å²) in [4.78, 5) is 31.0. The molecule has 0 aliphatic carbocycles. The third-order valence-electron chi connectivity index (χ3n) is 7.03. The van der Waals surface area contributed by atoms with Crippen molar-refractivity contribution in [3.05, 3.63) is 101 Å². The predicted octanol–water partition coefficient (Wildman–Crippen LogP) is 8.70. The van der Waals surface area contributed by atoms with E-state index in [0.29, 0.717) is 0 Å². The largest absolute Gasteiger partial charge is 0.456 e. The Morgan fingerprint density at radius 1 is 0.787 bits per heavy atom. The molecule has 2 N–H and O–H groups in total. The van der Waals surface area contributed by atoms with Crippen molar-refractivity contribution < 1.29 is 29.3 Å². The number of benzene rings is 2. The van der Waals surface area contributed by atoms with Crippen LogP contribution in [-0.4, -0.2) is 45.3 Å². The van der Waals surface area contributed by atoms with Crippen LogP contribution in [0.4, 0.5) is 0 Å². The molecule has 0 radical (unpaired) electrons. The van der Waals surface area contributed by atoms with Crippen LogP contribution in [-0.2, 0) is 19.1 Å². The molecule has 8 nitrogen and oxygen atoms in total. The molecule has 47 heavy (non-hydrogen) atoms. The van der Waals surface area contributed by atoms with E-state index in [9.17, 15) is 14.7 Å². The number of nitrogens with zero attached hydrogens (tertiary/aromatic N) is 2. The minimum Gasteiger partial charge on any atom is -0.456 e. The normalized spacial score (nSPS) is 12.7. The van der Waals surface area contributed by atoms with Gasteiger partial charge in [-0.05, 0) is 49.7 Å². The Morgan fingerprint density at radius 2 is 1.23 bits per heavy atom. The summed E-state index contributed by atoms with van der Waals surface area (Å²) >= 11 is 3.41. The molecule has 0 aliphatic heterocycles. The van der Waals surface area contributed by atoms with Gasteiger partial charge in [0.05, 0.1) is 35.6 Å². The maximum atomic E-state index is 11.1. The number of esters is 2. The Labute approximate surface area is 286 Å². The van der Waals surface area contributed by atoms with Crippen molar-refractivity contribution in [2.24, 2.45) is 10.8 Å². The van der Waals surface area contributed by atoms with Crippen LogP contribution in [0.5, 0.6) is 0 Å². The van der Waals surface area contributed by atoms with Crippen LogP contribution in [0.25, 0.3) is 27.9 Å². The molecular formula is C38H47BrN2O6. The number of aliphatic hydroxyl groups is 2. The van der Waals surface area contributed by atoms with Gasteiger partial charge in [0, 0.05) is 39.9 Å². The summed E-state index contributed by atoms with van der Waals surface area (Å²) in [6, 6.07) is 19.6. The molecule has 4 aromatic rings. The maximum Gasteiger partial charge on any atom is 0.303 e. The van der Waals surface area contributed by atoms with E-state index >= 15 is 0 Å². The van der Waals surface area contributed by atoms with E-state index in [1.807, 2.05) is 114 Å². The van der Waals surface area contributed by atoms with Crippen molar-refractivity contribution in [1.29, 1.82) is 0 Å². The van der Waals surface area contributed by atoms with Crippen LogP contribution in [0, 0.1) is 10.8 Å². The van der Waals surface area contributed by atoms with Crippen LogP contribution in [0.15, 0.2) is 83.9 Å². The van der Waals surface area contributed by atoms with Crippen molar-refractivity contribution in [2.75, 3.05) is 13.2 Å². The lowest BCUT2D eigenvalue weighted by Crippen LogP contribution is -2.12. The number of carbonyl (C=O) groups excluding carboxylic acids is 2. The van der Waals surface area contributed by atoms with Gasteiger partial charge >= 0.3 is 11.9 Å². The molecule has 0 fully saturated rings. The van der Waals surface area contributed by atoms with Gasteiger partial charge in [0.2, 0.25) is 0 Å². The second-order valence-electron chi connectivity index (χ2n) is 12.6. The standard InChI is InChI=1S/C19H23NO3.C13H12BrNO2.C6H12O/c1-13(23-14(2)22)17-8-7-16-6-5-15(11-18(16)20-17)9-10-19(3,4)12-21;1-8(17-9(2)16)12-6-4-10-3-5-11(14)7-13(10)15-12;1-4-6(2,3)5-7/h5-11,13,21H,12H2,1-4H3;3-8H,1-2H3;4,7H,1,5H2,2-3H3/b10-9+;;/t13-;8-;/m11./s1. The van der Waals surface area contributed by atoms with Gasteiger partial charge in [-0.1, -0.05) is 92.2 Å². The average molecular weight is 708 g/mol. The van der Waals surface area contributed by atoms with Gasteiger partial charge in [-0.3, -0.25) is 9.59 Å². The summed E-state index contributed by atoms with van der Waals surface area (Å²) < 4.78 is 11.3. The molecule has 4 rings (SSSR count). The van der Waals surface area contributed by atoms with Gasteiger partial charge in [0.25, 0.3) is 0 Å². The topological polar surface area (TPSA) is 119 Å². The monoisotopic (exact) mass is 706 g/mol. The molecule has 0 unspecified atom stereocenters. The smallest absolute Gasteiger partial charge is 0.303 e. The molecule has 0 aliphatic rings. The number of aliphatic hydroxyl groups excluding tert-OH is 2. The first-order valence-electron chi connectivity index (χ1n) is 15.3. The molecule has 2 aromatic carbocycles. The lowest BCUT2D eigenvalue weighted by molar-refractivity contribution is -0.147. The van der Waals surface area contributed by atoms with E-state index in [0.717, 1.165) is 43.2 Å². The van der Waals surface area contributed by atoms with E-state index in [4.69, 9.17) is 14.6 Å². The first kappa shape index (κ1) is 39.3. The molecule has 2 atom stereocenters. The summed E-state index contributed by atoms with van der Waals surface area (Å²) in [6.07, 6.45) is 5.02. The van der Waals surface area contributed by atoms with Crippen LogP contribution >= 0.6 is 15.9 Å². The van der Waals surface area contributed by atoms with Crippen LogP contribution < -0.4 is 0 Å². The maximum absolute atomic E-state index is 11.1. The zero-order valence-electron chi connectivity index (χ0n) is 28.6. The van der Waals surface area contributed by atoms with E-state index in [2.05, 4.69) is 32.5 Å². The zero-order chi connectivity index (χ0) is 35.4. The number of aromatic nitrogens is 2. The van der Waals surface area contributed by atoms with E-state index < -0.39 is 0 Å². The summed E-state index contributed by atoms with van der Waals surface area (Å²) in [5.41, 5.74) is 3.88. The van der Waals surface area contributed by atoms with Gasteiger partial charge in [0.15, 0.2) is 0 Å². The molecule has 252 valence electrons. The number of pyridine rings is 2. The Balaban J connectivity index is 0.000000280. The number of hydrogen-bond acceptors (Lipinski definition) is 8. The van der Waals surface area contributed by atoms with E-state index in [1.54, 1.807) is 6.08 Å². The van der Waals surface area contributed by atoms with Crippen LogP contribution in [0.3, 0.4) is 0 Å². The summed E-state index contributed by atoms with van der Waals surface area (Å²) in [6.45, 7) is 18.0. The molecule has 0 spiro atoms. The molecule has 9 heteroatoms. The Morgan fingerprint density at radius 3 is 1.66 bits per heavy atom. The number of halogens is 1. The number of rotatable bonds is 9. The lowest BCUT2D eigenvalue weighted by Gasteiger charge is -2.15. The highest BCUT2D eigenvalue weighted by molar-refractivity contribution is 9.10. The fourth-order valence-electron chi connectivity index (χ4n) is 3.87. The van der Waals surface area contributed by atoms with Crippen LogP contribution in [0.1, 0.15) is 84.5 Å². The number of carbonyl (C=O) groups is 2. The van der Waals surface area contributed by atoms with Crippen molar-refractivity contribution in [1.82, 2.24) is 9.97 Å². The Kier molecular flexibility index (Phi) is 14.9. The molecule has 2 aromatic heterocycles.